The third-order valence-electron chi connectivity index (χ3n) is 2.60. The Hall–Kier alpha value is -1.92. The SMILES string of the molecule is NC(=S)N/N=C\c1ccccc1OCc1ccc(Br)cc1. The summed E-state index contributed by atoms with van der Waals surface area (Å²) in [6.45, 7) is 0.487. The van der Waals surface area contributed by atoms with Crippen LogP contribution in [-0.2, 0) is 6.61 Å². The molecule has 3 N–H and O–H groups in total. The summed E-state index contributed by atoms with van der Waals surface area (Å²) < 4.78 is 6.87. The Kier molecular flexibility index (Phi) is 5.71. The van der Waals surface area contributed by atoms with Gasteiger partial charge < -0.3 is 10.5 Å². The van der Waals surface area contributed by atoms with Crippen LogP contribution in [0.15, 0.2) is 58.1 Å². The van der Waals surface area contributed by atoms with Gasteiger partial charge >= 0.3 is 0 Å². The smallest absolute Gasteiger partial charge is 0.184 e. The van der Waals surface area contributed by atoms with Gasteiger partial charge in [-0.05, 0) is 42.0 Å². The van der Waals surface area contributed by atoms with E-state index in [1.807, 2.05) is 48.5 Å². The lowest BCUT2D eigenvalue weighted by molar-refractivity contribution is 0.306. The summed E-state index contributed by atoms with van der Waals surface area (Å²) in [5, 5.41) is 4.07. The largest absolute Gasteiger partial charge is 0.488 e. The highest BCUT2D eigenvalue weighted by molar-refractivity contribution is 9.10. The number of nitrogens with zero attached hydrogens (tertiary/aromatic N) is 1. The molecular weight excluding hydrogens is 350 g/mol. The second-order valence-corrected chi connectivity index (χ2v) is 5.54. The minimum Gasteiger partial charge on any atom is -0.488 e. The number of benzene rings is 2. The molecule has 0 radical (unpaired) electrons. The maximum absolute atomic E-state index is 5.82. The van der Waals surface area contributed by atoms with E-state index in [4.69, 9.17) is 10.5 Å². The maximum Gasteiger partial charge on any atom is 0.184 e. The van der Waals surface area contributed by atoms with Crippen molar-refractivity contribution in [2.75, 3.05) is 0 Å². The molecule has 0 heterocycles. The van der Waals surface area contributed by atoms with Crippen LogP contribution in [0.3, 0.4) is 0 Å². The molecule has 0 fully saturated rings. The molecule has 108 valence electrons. The van der Waals surface area contributed by atoms with Gasteiger partial charge in [-0.25, -0.2) is 0 Å². The van der Waals surface area contributed by atoms with E-state index in [-0.39, 0.29) is 5.11 Å². The second-order valence-electron chi connectivity index (χ2n) is 4.19. The number of rotatable bonds is 5. The molecule has 2 rings (SSSR count). The lowest BCUT2D eigenvalue weighted by Crippen LogP contribution is -2.24. The molecule has 0 amide bonds. The Morgan fingerprint density at radius 2 is 1.95 bits per heavy atom. The van der Waals surface area contributed by atoms with Gasteiger partial charge in [0.25, 0.3) is 0 Å². The number of hydrazone groups is 1. The molecule has 6 heteroatoms. The topological polar surface area (TPSA) is 59.6 Å². The minimum atomic E-state index is 0.125. The second kappa shape index (κ2) is 7.75. The molecule has 0 atom stereocenters. The van der Waals surface area contributed by atoms with Crippen molar-refractivity contribution in [1.29, 1.82) is 0 Å². The Morgan fingerprint density at radius 1 is 1.24 bits per heavy atom. The summed E-state index contributed by atoms with van der Waals surface area (Å²) in [5.41, 5.74) is 9.77. The Labute approximate surface area is 137 Å². The lowest BCUT2D eigenvalue weighted by atomic mass is 10.2. The van der Waals surface area contributed by atoms with Gasteiger partial charge in [0, 0.05) is 10.0 Å². The monoisotopic (exact) mass is 363 g/mol. The highest BCUT2D eigenvalue weighted by Gasteiger charge is 2.01. The van der Waals surface area contributed by atoms with Crippen molar-refractivity contribution in [3.8, 4) is 5.75 Å². The van der Waals surface area contributed by atoms with Crippen LogP contribution in [0.1, 0.15) is 11.1 Å². The summed E-state index contributed by atoms with van der Waals surface area (Å²) in [6, 6.07) is 15.6. The first-order valence-electron chi connectivity index (χ1n) is 6.20. The number of para-hydroxylation sites is 1. The molecule has 0 aliphatic rings. The van der Waals surface area contributed by atoms with Gasteiger partial charge in [0.05, 0.1) is 6.21 Å². The Morgan fingerprint density at radius 3 is 2.67 bits per heavy atom. The molecule has 0 aliphatic heterocycles. The predicted octanol–water partition coefficient (Wildman–Crippen LogP) is 3.20. The van der Waals surface area contributed by atoms with Gasteiger partial charge in [-0.1, -0.05) is 40.2 Å². The van der Waals surface area contributed by atoms with Crippen molar-refractivity contribution in [3.63, 3.8) is 0 Å². The summed E-state index contributed by atoms with van der Waals surface area (Å²) in [6.07, 6.45) is 1.62. The van der Waals surface area contributed by atoms with Crippen molar-refractivity contribution in [3.05, 3.63) is 64.1 Å². The van der Waals surface area contributed by atoms with Crippen LogP contribution < -0.4 is 15.9 Å². The standard InChI is InChI=1S/C15H14BrN3OS/c16-13-7-5-11(6-8-13)10-20-14-4-2-1-3-12(14)9-18-19-15(17)21/h1-9H,10H2,(H3,17,19,21)/b18-9-. The van der Waals surface area contributed by atoms with Crippen molar-refractivity contribution in [2.45, 2.75) is 6.61 Å². The van der Waals surface area contributed by atoms with Crippen LogP contribution in [0.2, 0.25) is 0 Å². The third-order valence-corrected chi connectivity index (χ3v) is 3.22. The van der Waals surface area contributed by atoms with E-state index >= 15 is 0 Å². The summed E-state index contributed by atoms with van der Waals surface area (Å²) in [5.74, 6) is 0.744. The highest BCUT2D eigenvalue weighted by atomic mass is 79.9. The number of ether oxygens (including phenoxy) is 1. The number of thiocarbonyl (C=S) groups is 1. The number of halogens is 1. The summed E-state index contributed by atoms with van der Waals surface area (Å²) in [7, 11) is 0. The zero-order chi connectivity index (χ0) is 15.1. The highest BCUT2D eigenvalue weighted by Crippen LogP contribution is 2.18. The van der Waals surface area contributed by atoms with E-state index in [0.29, 0.717) is 6.61 Å². The minimum absolute atomic E-state index is 0.125. The predicted molar refractivity (Wildman–Crippen MR) is 92.4 cm³/mol. The normalized spacial score (nSPS) is 10.5. The van der Waals surface area contributed by atoms with E-state index in [0.717, 1.165) is 21.3 Å². The van der Waals surface area contributed by atoms with Gasteiger partial charge in [0.15, 0.2) is 5.11 Å². The Balaban J connectivity index is 2.04. The van der Waals surface area contributed by atoms with Gasteiger partial charge in [-0.2, -0.15) is 5.10 Å². The first-order chi connectivity index (χ1) is 10.1. The molecule has 0 aromatic heterocycles. The Bertz CT molecular complexity index is 644. The summed E-state index contributed by atoms with van der Waals surface area (Å²) >= 11 is 8.09. The van der Waals surface area contributed by atoms with Gasteiger partial charge in [-0.15, -0.1) is 0 Å². The number of nitrogens with two attached hydrogens (primary N) is 1. The fourth-order valence-electron chi connectivity index (χ4n) is 1.63. The van der Waals surface area contributed by atoms with Crippen LogP contribution >= 0.6 is 28.1 Å². The molecule has 0 saturated heterocycles. The van der Waals surface area contributed by atoms with E-state index < -0.39 is 0 Å². The first-order valence-corrected chi connectivity index (χ1v) is 7.40. The van der Waals surface area contributed by atoms with Gasteiger partial charge in [0.2, 0.25) is 0 Å². The van der Waals surface area contributed by atoms with Crippen LogP contribution in [0.4, 0.5) is 0 Å². The fraction of sp³-hybridized carbons (Fsp3) is 0.0667. The van der Waals surface area contributed by atoms with Gasteiger partial charge in [-0.3, -0.25) is 5.43 Å². The molecule has 0 spiro atoms. The van der Waals surface area contributed by atoms with Gasteiger partial charge in [0.1, 0.15) is 12.4 Å². The van der Waals surface area contributed by atoms with E-state index in [1.165, 1.54) is 0 Å². The third kappa shape index (κ3) is 5.17. The first kappa shape index (κ1) is 15.5. The van der Waals surface area contributed by atoms with Crippen LogP contribution in [-0.4, -0.2) is 11.3 Å². The number of hydrogen-bond donors (Lipinski definition) is 2. The lowest BCUT2D eigenvalue weighted by Gasteiger charge is -2.09. The van der Waals surface area contributed by atoms with E-state index in [2.05, 4.69) is 38.7 Å². The van der Waals surface area contributed by atoms with Crippen molar-refractivity contribution < 1.29 is 4.74 Å². The van der Waals surface area contributed by atoms with Crippen molar-refractivity contribution >= 4 is 39.5 Å². The van der Waals surface area contributed by atoms with Crippen molar-refractivity contribution in [2.24, 2.45) is 10.8 Å². The molecule has 0 bridgehead atoms. The molecule has 0 aliphatic carbocycles. The zero-order valence-corrected chi connectivity index (χ0v) is 13.5. The summed E-state index contributed by atoms with van der Waals surface area (Å²) in [4.78, 5) is 0. The van der Waals surface area contributed by atoms with Crippen LogP contribution in [0.5, 0.6) is 5.75 Å². The molecule has 4 nitrogen and oxygen atoms in total. The van der Waals surface area contributed by atoms with Crippen LogP contribution in [0, 0.1) is 0 Å². The number of hydrogen-bond acceptors (Lipinski definition) is 3. The maximum atomic E-state index is 5.82. The average Bonchev–Trinajstić information content (AvgIpc) is 2.47. The average molecular weight is 364 g/mol. The molecule has 21 heavy (non-hydrogen) atoms. The van der Waals surface area contributed by atoms with Crippen molar-refractivity contribution in [1.82, 2.24) is 5.43 Å². The zero-order valence-electron chi connectivity index (χ0n) is 11.1. The molecule has 2 aromatic carbocycles. The van der Waals surface area contributed by atoms with E-state index in [1.54, 1.807) is 6.21 Å². The number of nitrogens with one attached hydrogen (secondary N) is 1. The molecule has 0 saturated carbocycles. The van der Waals surface area contributed by atoms with Crippen LogP contribution in [0.25, 0.3) is 0 Å². The fourth-order valence-corrected chi connectivity index (χ4v) is 1.94. The molecule has 0 unspecified atom stereocenters. The van der Waals surface area contributed by atoms with E-state index in [9.17, 15) is 0 Å². The molecular formula is C15H14BrN3OS. The molecule has 2 aromatic rings. The quantitative estimate of drug-likeness (QED) is 0.486.